The van der Waals surface area contributed by atoms with Gasteiger partial charge in [0.1, 0.15) is 12.4 Å². The molecular weight excluding hydrogens is 306 g/mol. The Balaban J connectivity index is 1.60. The summed E-state index contributed by atoms with van der Waals surface area (Å²) in [4.78, 5) is 12.7. The molecule has 5 heteroatoms. The third-order valence-corrected chi connectivity index (χ3v) is 4.53. The van der Waals surface area contributed by atoms with Gasteiger partial charge >= 0.3 is 0 Å². The summed E-state index contributed by atoms with van der Waals surface area (Å²) in [5.74, 6) is 0.839. The van der Waals surface area contributed by atoms with Crippen LogP contribution in [0.4, 0.5) is 0 Å². The van der Waals surface area contributed by atoms with Crippen LogP contribution in [0, 0.1) is 6.92 Å². The number of halogens is 1. The van der Waals surface area contributed by atoms with Crippen LogP contribution in [-0.4, -0.2) is 11.9 Å². The first-order chi connectivity index (χ1) is 10.1. The lowest BCUT2D eigenvalue weighted by Gasteiger charge is -2.08. The fourth-order valence-electron chi connectivity index (χ4n) is 1.99. The molecule has 0 aliphatic heterocycles. The van der Waals surface area contributed by atoms with Crippen molar-refractivity contribution in [2.75, 3.05) is 0 Å². The van der Waals surface area contributed by atoms with Crippen molar-refractivity contribution in [3.63, 3.8) is 0 Å². The monoisotopic (exact) mass is 321 g/mol. The number of nitrogens with one attached hydrogen (secondary N) is 1. The summed E-state index contributed by atoms with van der Waals surface area (Å²) in [6, 6.07) is 7.83. The van der Waals surface area contributed by atoms with Crippen LogP contribution in [0.25, 0.3) is 0 Å². The van der Waals surface area contributed by atoms with Crippen LogP contribution in [0.5, 0.6) is 5.75 Å². The average molecular weight is 322 g/mol. The zero-order valence-electron chi connectivity index (χ0n) is 11.7. The molecule has 0 bridgehead atoms. The Morgan fingerprint density at radius 3 is 2.95 bits per heavy atom. The van der Waals surface area contributed by atoms with Gasteiger partial charge in [0.25, 0.3) is 5.91 Å². The van der Waals surface area contributed by atoms with E-state index < -0.39 is 0 Å². The standard InChI is InChI=1S/C16H16ClNO2S/c1-10-6-12(17)2-5-14(10)20-8-11-7-15(21-9-11)16(19)18-13-3-4-13/h2,5-7,9,13H,3-4,8H2,1H3,(H,18,19). The van der Waals surface area contributed by atoms with Crippen LogP contribution >= 0.6 is 22.9 Å². The number of hydrogen-bond donors (Lipinski definition) is 1. The first kappa shape index (κ1) is 14.4. The van der Waals surface area contributed by atoms with Gasteiger partial charge in [-0.25, -0.2) is 0 Å². The van der Waals surface area contributed by atoms with Crippen molar-refractivity contribution in [2.45, 2.75) is 32.4 Å². The number of carbonyl (C=O) groups is 1. The summed E-state index contributed by atoms with van der Waals surface area (Å²) in [5.41, 5.74) is 2.01. The van der Waals surface area contributed by atoms with Crippen LogP contribution in [0.3, 0.4) is 0 Å². The lowest BCUT2D eigenvalue weighted by Crippen LogP contribution is -2.24. The van der Waals surface area contributed by atoms with Gasteiger partial charge in [-0.15, -0.1) is 11.3 Å². The summed E-state index contributed by atoms with van der Waals surface area (Å²) in [5, 5.41) is 5.66. The highest BCUT2D eigenvalue weighted by Gasteiger charge is 2.24. The van der Waals surface area contributed by atoms with Gasteiger partial charge in [0.2, 0.25) is 0 Å². The number of ether oxygens (including phenoxy) is 1. The molecule has 1 aliphatic carbocycles. The molecule has 0 radical (unpaired) electrons. The Bertz CT molecular complexity index is 664. The number of rotatable bonds is 5. The lowest BCUT2D eigenvalue weighted by atomic mass is 10.2. The van der Waals surface area contributed by atoms with Crippen molar-refractivity contribution >= 4 is 28.8 Å². The highest BCUT2D eigenvalue weighted by atomic mass is 35.5. The summed E-state index contributed by atoms with van der Waals surface area (Å²) in [6.45, 7) is 2.42. The van der Waals surface area contributed by atoms with Gasteiger partial charge in [0, 0.05) is 16.6 Å². The second kappa shape index (κ2) is 6.08. The Morgan fingerprint density at radius 2 is 2.24 bits per heavy atom. The van der Waals surface area contributed by atoms with E-state index in [4.69, 9.17) is 16.3 Å². The normalized spacial score (nSPS) is 14.0. The van der Waals surface area contributed by atoms with Gasteiger partial charge in [-0.1, -0.05) is 11.6 Å². The third kappa shape index (κ3) is 3.77. The van der Waals surface area contributed by atoms with Crippen LogP contribution in [-0.2, 0) is 6.61 Å². The Hall–Kier alpha value is -1.52. The van der Waals surface area contributed by atoms with Crippen LogP contribution < -0.4 is 10.1 Å². The van der Waals surface area contributed by atoms with Crippen molar-refractivity contribution < 1.29 is 9.53 Å². The van der Waals surface area contributed by atoms with Crippen molar-refractivity contribution in [2.24, 2.45) is 0 Å². The molecule has 1 aliphatic rings. The van der Waals surface area contributed by atoms with Crippen molar-refractivity contribution in [3.8, 4) is 5.75 Å². The number of hydrogen-bond acceptors (Lipinski definition) is 3. The number of thiophene rings is 1. The first-order valence-corrected chi connectivity index (χ1v) is 8.15. The second-order valence-corrected chi connectivity index (χ2v) is 6.61. The summed E-state index contributed by atoms with van der Waals surface area (Å²) in [7, 11) is 0. The number of carbonyl (C=O) groups excluding carboxylic acids is 1. The zero-order valence-corrected chi connectivity index (χ0v) is 13.3. The predicted octanol–water partition coefficient (Wildman–Crippen LogP) is 4.18. The molecule has 2 aromatic rings. The van der Waals surface area contributed by atoms with Gasteiger partial charge in [-0.2, -0.15) is 0 Å². The number of aryl methyl sites for hydroxylation is 1. The van der Waals surface area contributed by atoms with Gasteiger partial charge in [-0.3, -0.25) is 4.79 Å². The topological polar surface area (TPSA) is 38.3 Å². The Kier molecular flexibility index (Phi) is 4.17. The molecule has 1 saturated carbocycles. The summed E-state index contributed by atoms with van der Waals surface area (Å²) < 4.78 is 5.78. The molecule has 1 fully saturated rings. The maximum Gasteiger partial charge on any atom is 0.261 e. The van der Waals surface area contributed by atoms with E-state index in [9.17, 15) is 4.79 Å². The molecule has 0 unspecified atom stereocenters. The van der Waals surface area contributed by atoms with Crippen molar-refractivity contribution in [1.29, 1.82) is 0 Å². The minimum absolute atomic E-state index is 0.0245. The highest BCUT2D eigenvalue weighted by molar-refractivity contribution is 7.12. The predicted molar refractivity (Wildman–Crippen MR) is 85.3 cm³/mol. The van der Waals surface area contributed by atoms with E-state index in [1.165, 1.54) is 11.3 Å². The summed E-state index contributed by atoms with van der Waals surface area (Å²) >= 11 is 7.38. The molecule has 1 N–H and O–H groups in total. The van der Waals surface area contributed by atoms with E-state index >= 15 is 0 Å². The van der Waals surface area contributed by atoms with Gasteiger partial charge < -0.3 is 10.1 Å². The minimum Gasteiger partial charge on any atom is -0.489 e. The molecule has 1 heterocycles. The molecule has 3 nitrogen and oxygen atoms in total. The SMILES string of the molecule is Cc1cc(Cl)ccc1OCc1csc(C(=O)NC2CC2)c1. The molecule has 1 aromatic carbocycles. The molecule has 0 spiro atoms. The third-order valence-electron chi connectivity index (χ3n) is 3.32. The van der Waals surface area contributed by atoms with E-state index in [1.807, 2.05) is 36.6 Å². The van der Waals surface area contributed by atoms with Crippen LogP contribution in [0.15, 0.2) is 29.6 Å². The number of amides is 1. The molecule has 21 heavy (non-hydrogen) atoms. The van der Waals surface area contributed by atoms with E-state index in [-0.39, 0.29) is 5.91 Å². The molecule has 0 saturated heterocycles. The summed E-state index contributed by atoms with van der Waals surface area (Å²) in [6.07, 6.45) is 2.20. The lowest BCUT2D eigenvalue weighted by molar-refractivity contribution is 0.0955. The number of benzene rings is 1. The quantitative estimate of drug-likeness (QED) is 0.897. The molecule has 3 rings (SSSR count). The first-order valence-electron chi connectivity index (χ1n) is 6.89. The van der Waals surface area contributed by atoms with Crippen LogP contribution in [0.1, 0.15) is 33.6 Å². The maximum absolute atomic E-state index is 11.9. The van der Waals surface area contributed by atoms with Crippen molar-refractivity contribution in [3.05, 3.63) is 50.7 Å². The Labute approximate surface area is 132 Å². The van der Waals surface area contributed by atoms with Gasteiger partial charge in [-0.05, 0) is 55.0 Å². The molecule has 0 atom stereocenters. The van der Waals surface area contributed by atoms with Gasteiger partial charge in [0.05, 0.1) is 4.88 Å². The smallest absolute Gasteiger partial charge is 0.261 e. The van der Waals surface area contributed by atoms with E-state index in [2.05, 4.69) is 5.32 Å². The molecule has 1 amide bonds. The largest absolute Gasteiger partial charge is 0.489 e. The van der Waals surface area contributed by atoms with Crippen LogP contribution in [0.2, 0.25) is 5.02 Å². The maximum atomic E-state index is 11.9. The Morgan fingerprint density at radius 1 is 1.43 bits per heavy atom. The second-order valence-electron chi connectivity index (χ2n) is 5.27. The fraction of sp³-hybridized carbons (Fsp3) is 0.312. The molecule has 1 aromatic heterocycles. The molecular formula is C16H16ClNO2S. The fourth-order valence-corrected chi connectivity index (χ4v) is 3.02. The minimum atomic E-state index is 0.0245. The average Bonchev–Trinajstić information content (AvgIpc) is 3.13. The highest BCUT2D eigenvalue weighted by Crippen LogP contribution is 2.24. The van der Waals surface area contributed by atoms with E-state index in [0.29, 0.717) is 17.7 Å². The van der Waals surface area contributed by atoms with E-state index in [0.717, 1.165) is 34.6 Å². The van der Waals surface area contributed by atoms with Crippen molar-refractivity contribution in [1.82, 2.24) is 5.32 Å². The molecule has 110 valence electrons. The zero-order chi connectivity index (χ0) is 14.8. The van der Waals surface area contributed by atoms with E-state index in [1.54, 1.807) is 0 Å². The van der Waals surface area contributed by atoms with Gasteiger partial charge in [0.15, 0.2) is 0 Å².